The number of Topliss-reactive ketones (excluding diaryl/α,β-unsaturated/α-hetero) is 1. The van der Waals surface area contributed by atoms with Crippen LogP contribution in [0, 0.1) is 5.92 Å². The number of esters is 1. The van der Waals surface area contributed by atoms with Crippen LogP contribution >= 0.6 is 11.6 Å². The third-order valence-corrected chi connectivity index (χ3v) is 4.77. The number of nitrogens with zero attached hydrogens (tertiary/aromatic N) is 1. The molecule has 120 valence electrons. The number of carbonyl (C=O) groups excluding carboxylic acids is 2. The molecule has 0 saturated carbocycles. The fourth-order valence-electron chi connectivity index (χ4n) is 3.47. The van der Waals surface area contributed by atoms with Gasteiger partial charge in [-0.15, -0.1) is 0 Å². The van der Waals surface area contributed by atoms with Gasteiger partial charge in [0.1, 0.15) is 5.92 Å². The fraction of sp³-hybridized carbons (Fsp3) is 0.389. The highest BCUT2D eigenvalue weighted by molar-refractivity contribution is 6.30. The number of hydrogen-bond donors (Lipinski definition) is 0. The third kappa shape index (κ3) is 2.83. The Morgan fingerprint density at radius 1 is 1.26 bits per heavy atom. The normalized spacial score (nSPS) is 24.1. The second-order valence-electron chi connectivity index (χ2n) is 5.92. The van der Waals surface area contributed by atoms with Gasteiger partial charge in [-0.2, -0.15) is 0 Å². The van der Waals surface area contributed by atoms with Crippen molar-refractivity contribution in [3.63, 3.8) is 0 Å². The molecule has 0 N–H and O–H groups in total. The molecule has 0 aromatic heterocycles. The van der Waals surface area contributed by atoms with Gasteiger partial charge in [-0.05, 0) is 37.5 Å². The molecule has 2 aliphatic rings. The molecule has 1 aromatic carbocycles. The smallest absolute Gasteiger partial charge is 0.315 e. The number of ether oxygens (including phenoxy) is 1. The van der Waals surface area contributed by atoms with Crippen LogP contribution in [0.2, 0.25) is 5.02 Å². The van der Waals surface area contributed by atoms with Crippen LogP contribution in [-0.4, -0.2) is 24.6 Å². The van der Waals surface area contributed by atoms with Crippen molar-refractivity contribution in [3.05, 3.63) is 46.1 Å². The van der Waals surface area contributed by atoms with E-state index in [1.165, 1.54) is 7.11 Å². The average Bonchev–Trinajstić information content (AvgIpc) is 2.54. The predicted molar refractivity (Wildman–Crippen MR) is 88.7 cm³/mol. The Morgan fingerprint density at radius 2 is 1.96 bits per heavy atom. The van der Waals surface area contributed by atoms with Crippen LogP contribution in [0.4, 0.5) is 0 Å². The second-order valence-corrected chi connectivity index (χ2v) is 6.36. The molecule has 2 atom stereocenters. The predicted octanol–water partition coefficient (Wildman–Crippen LogP) is 3.69. The molecular weight excluding hydrogens is 314 g/mol. The highest BCUT2D eigenvalue weighted by Gasteiger charge is 2.42. The van der Waals surface area contributed by atoms with Gasteiger partial charge >= 0.3 is 5.97 Å². The monoisotopic (exact) mass is 331 g/mol. The SMILES string of the molecule is COC(=O)C1C(C)=NC2=C(C(=O)CCC2)[C@H]1c1ccc(Cl)cc1. The zero-order valence-corrected chi connectivity index (χ0v) is 13.9. The summed E-state index contributed by atoms with van der Waals surface area (Å²) >= 11 is 5.98. The van der Waals surface area contributed by atoms with E-state index in [9.17, 15) is 9.59 Å². The zero-order chi connectivity index (χ0) is 16.6. The molecule has 0 bridgehead atoms. The Kier molecular flexibility index (Phi) is 4.35. The molecule has 1 aromatic rings. The number of aliphatic imine (C=N–C) groups is 1. The molecule has 23 heavy (non-hydrogen) atoms. The highest BCUT2D eigenvalue weighted by atomic mass is 35.5. The summed E-state index contributed by atoms with van der Waals surface area (Å²) in [5, 5.41) is 0.619. The first-order valence-electron chi connectivity index (χ1n) is 7.67. The van der Waals surface area contributed by atoms with Crippen LogP contribution in [-0.2, 0) is 14.3 Å². The Bertz CT molecular complexity index is 718. The first-order chi connectivity index (χ1) is 11.0. The molecule has 1 heterocycles. The summed E-state index contributed by atoms with van der Waals surface area (Å²) < 4.78 is 4.97. The van der Waals surface area contributed by atoms with E-state index in [-0.39, 0.29) is 17.7 Å². The molecule has 1 aliphatic heterocycles. The zero-order valence-electron chi connectivity index (χ0n) is 13.1. The maximum Gasteiger partial charge on any atom is 0.315 e. The number of rotatable bonds is 2. The third-order valence-electron chi connectivity index (χ3n) is 4.52. The molecule has 0 spiro atoms. The van der Waals surface area contributed by atoms with E-state index in [1.54, 1.807) is 12.1 Å². The van der Waals surface area contributed by atoms with Crippen LogP contribution < -0.4 is 0 Å². The summed E-state index contributed by atoms with van der Waals surface area (Å²) in [7, 11) is 1.36. The molecule has 0 radical (unpaired) electrons. The quantitative estimate of drug-likeness (QED) is 0.776. The molecule has 1 aliphatic carbocycles. The lowest BCUT2D eigenvalue weighted by atomic mass is 9.72. The van der Waals surface area contributed by atoms with Gasteiger partial charge < -0.3 is 4.74 Å². The average molecular weight is 332 g/mol. The van der Waals surface area contributed by atoms with Gasteiger partial charge in [-0.3, -0.25) is 14.6 Å². The van der Waals surface area contributed by atoms with Crippen LogP contribution in [0.3, 0.4) is 0 Å². The summed E-state index contributed by atoms with van der Waals surface area (Å²) in [6.45, 7) is 1.83. The summed E-state index contributed by atoms with van der Waals surface area (Å²) in [5.74, 6) is -1.20. The first kappa shape index (κ1) is 15.9. The Labute approximate surface area is 140 Å². The molecule has 0 amide bonds. The minimum atomic E-state index is -0.568. The summed E-state index contributed by atoms with van der Waals surface area (Å²) in [4.78, 5) is 29.4. The van der Waals surface area contributed by atoms with E-state index < -0.39 is 5.92 Å². The van der Waals surface area contributed by atoms with E-state index in [0.717, 1.165) is 24.1 Å². The number of benzene rings is 1. The number of allylic oxidation sites excluding steroid dienone is 2. The van der Waals surface area contributed by atoms with Gasteiger partial charge in [0.15, 0.2) is 5.78 Å². The highest BCUT2D eigenvalue weighted by Crippen LogP contribution is 2.43. The topological polar surface area (TPSA) is 55.7 Å². The van der Waals surface area contributed by atoms with Crippen molar-refractivity contribution >= 4 is 29.1 Å². The first-order valence-corrected chi connectivity index (χ1v) is 8.05. The van der Waals surface area contributed by atoms with E-state index >= 15 is 0 Å². The standard InChI is InChI=1S/C18H18ClNO3/c1-10-15(18(22)23-2)16(11-6-8-12(19)9-7-11)17-13(20-10)4-3-5-14(17)21/h6-9,15-16H,3-5H2,1-2H3/t15?,16-/m0/s1. The summed E-state index contributed by atoms with van der Waals surface area (Å²) in [5.41, 5.74) is 3.07. The van der Waals surface area contributed by atoms with Crippen LogP contribution in [0.5, 0.6) is 0 Å². The van der Waals surface area contributed by atoms with Crippen molar-refractivity contribution in [2.45, 2.75) is 32.1 Å². The number of carbonyl (C=O) groups is 2. The number of halogens is 1. The van der Waals surface area contributed by atoms with Crippen LogP contribution in [0.1, 0.15) is 37.7 Å². The van der Waals surface area contributed by atoms with Crippen molar-refractivity contribution in [2.75, 3.05) is 7.11 Å². The Morgan fingerprint density at radius 3 is 2.61 bits per heavy atom. The van der Waals surface area contributed by atoms with Crippen molar-refractivity contribution < 1.29 is 14.3 Å². The van der Waals surface area contributed by atoms with Crippen molar-refractivity contribution in [3.8, 4) is 0 Å². The molecule has 1 unspecified atom stereocenters. The van der Waals surface area contributed by atoms with Gasteiger partial charge in [-0.25, -0.2) is 0 Å². The minimum absolute atomic E-state index is 0.0800. The molecular formula is C18H18ClNO3. The number of ketones is 1. The number of methoxy groups -OCH3 is 1. The molecule has 0 fully saturated rings. The fourth-order valence-corrected chi connectivity index (χ4v) is 3.59. The molecule has 3 rings (SSSR count). The van der Waals surface area contributed by atoms with Gasteiger partial charge in [-0.1, -0.05) is 23.7 Å². The van der Waals surface area contributed by atoms with E-state index in [4.69, 9.17) is 16.3 Å². The molecule has 4 nitrogen and oxygen atoms in total. The minimum Gasteiger partial charge on any atom is -0.468 e. The number of hydrogen-bond acceptors (Lipinski definition) is 4. The largest absolute Gasteiger partial charge is 0.468 e. The van der Waals surface area contributed by atoms with Gasteiger partial charge in [0.2, 0.25) is 0 Å². The van der Waals surface area contributed by atoms with Crippen molar-refractivity contribution in [1.82, 2.24) is 0 Å². The van der Waals surface area contributed by atoms with Gasteiger partial charge in [0, 0.05) is 34.3 Å². The lowest BCUT2D eigenvalue weighted by molar-refractivity contribution is -0.143. The van der Waals surface area contributed by atoms with Gasteiger partial charge in [0.05, 0.1) is 7.11 Å². The van der Waals surface area contributed by atoms with Crippen molar-refractivity contribution in [2.24, 2.45) is 10.9 Å². The molecule has 0 saturated heterocycles. The maximum absolute atomic E-state index is 12.5. The second kappa shape index (κ2) is 6.28. The Balaban J connectivity index is 2.17. The summed E-state index contributed by atoms with van der Waals surface area (Å²) in [6.07, 6.45) is 2.09. The molecule has 5 heteroatoms. The Hall–Kier alpha value is -1.94. The van der Waals surface area contributed by atoms with Gasteiger partial charge in [0.25, 0.3) is 0 Å². The van der Waals surface area contributed by atoms with Crippen molar-refractivity contribution in [1.29, 1.82) is 0 Å². The van der Waals surface area contributed by atoms with Crippen LogP contribution in [0.25, 0.3) is 0 Å². The summed E-state index contributed by atoms with van der Waals surface area (Å²) in [6, 6.07) is 7.29. The maximum atomic E-state index is 12.5. The lowest BCUT2D eigenvalue weighted by Crippen LogP contribution is -2.36. The van der Waals surface area contributed by atoms with E-state index in [2.05, 4.69) is 4.99 Å². The van der Waals surface area contributed by atoms with Crippen LogP contribution in [0.15, 0.2) is 40.5 Å². The van der Waals surface area contributed by atoms with E-state index in [1.807, 2.05) is 19.1 Å². The van der Waals surface area contributed by atoms with E-state index in [0.29, 0.717) is 22.7 Å². The lowest BCUT2D eigenvalue weighted by Gasteiger charge is -2.34.